The molecule has 3 amide bonds. The first-order chi connectivity index (χ1) is 13.5. The molecule has 0 radical (unpaired) electrons. The number of fused-ring (bicyclic) bond motifs is 1. The van der Waals surface area contributed by atoms with Crippen LogP contribution in [0.3, 0.4) is 0 Å². The van der Waals surface area contributed by atoms with Crippen LogP contribution in [-0.2, 0) is 22.6 Å². The first-order valence-electron chi connectivity index (χ1n) is 8.93. The Morgan fingerprint density at radius 1 is 1.07 bits per heavy atom. The third kappa shape index (κ3) is 4.14. The van der Waals surface area contributed by atoms with E-state index in [0.29, 0.717) is 23.6 Å². The molecule has 0 aliphatic carbocycles. The first kappa shape index (κ1) is 19.4. The molecule has 0 aromatic heterocycles. The minimum Gasteiger partial charge on any atom is -0.493 e. The minimum atomic E-state index is -0.348. The molecule has 0 saturated carbocycles. The van der Waals surface area contributed by atoms with Gasteiger partial charge in [0.25, 0.3) is 5.91 Å². The molecule has 1 aliphatic rings. The zero-order valence-electron chi connectivity index (χ0n) is 15.9. The van der Waals surface area contributed by atoms with Gasteiger partial charge in [-0.05, 0) is 29.3 Å². The molecule has 0 fully saturated rings. The summed E-state index contributed by atoms with van der Waals surface area (Å²) < 4.78 is 10.4. The maximum absolute atomic E-state index is 12.5. The molecular weight excluding hydrogens is 360 g/mol. The number of nitrogens with zero attached hydrogens (tertiary/aromatic N) is 1. The standard InChI is InChI=1S/C21H22N2O5/c1-27-17-8-7-14(11-18(17)28-2)13-22-19(24)9-10-23-20(25)12-15-5-3-4-6-16(15)21(23)26/h3-8,11H,9-10,12-13H2,1-2H3,(H,22,24). The summed E-state index contributed by atoms with van der Waals surface area (Å²) in [4.78, 5) is 38.1. The van der Waals surface area contributed by atoms with Gasteiger partial charge in [0.2, 0.25) is 11.8 Å². The highest BCUT2D eigenvalue weighted by molar-refractivity contribution is 6.09. The Labute approximate surface area is 163 Å². The van der Waals surface area contributed by atoms with Gasteiger partial charge < -0.3 is 14.8 Å². The number of imide groups is 1. The topological polar surface area (TPSA) is 84.9 Å². The van der Waals surface area contributed by atoms with Gasteiger partial charge in [0.15, 0.2) is 11.5 Å². The van der Waals surface area contributed by atoms with Gasteiger partial charge in [-0.1, -0.05) is 24.3 Å². The highest BCUT2D eigenvalue weighted by atomic mass is 16.5. The number of hydrogen-bond donors (Lipinski definition) is 1. The monoisotopic (exact) mass is 382 g/mol. The van der Waals surface area contributed by atoms with E-state index in [0.717, 1.165) is 16.0 Å². The van der Waals surface area contributed by atoms with E-state index in [1.54, 1.807) is 50.6 Å². The molecule has 1 aliphatic heterocycles. The fourth-order valence-corrected chi connectivity index (χ4v) is 3.12. The van der Waals surface area contributed by atoms with Gasteiger partial charge in [0.1, 0.15) is 0 Å². The average molecular weight is 382 g/mol. The van der Waals surface area contributed by atoms with E-state index in [1.807, 2.05) is 6.07 Å². The van der Waals surface area contributed by atoms with Crippen LogP contribution in [0.4, 0.5) is 0 Å². The number of hydrogen-bond acceptors (Lipinski definition) is 5. The fraction of sp³-hybridized carbons (Fsp3) is 0.286. The van der Waals surface area contributed by atoms with E-state index < -0.39 is 0 Å². The molecule has 0 atom stereocenters. The molecule has 3 rings (SSSR count). The van der Waals surface area contributed by atoms with Crippen molar-refractivity contribution in [3.8, 4) is 11.5 Å². The normalized spacial score (nSPS) is 13.1. The van der Waals surface area contributed by atoms with Gasteiger partial charge in [0, 0.05) is 25.1 Å². The van der Waals surface area contributed by atoms with Crippen molar-refractivity contribution >= 4 is 17.7 Å². The van der Waals surface area contributed by atoms with Crippen molar-refractivity contribution in [1.29, 1.82) is 0 Å². The van der Waals surface area contributed by atoms with E-state index >= 15 is 0 Å². The number of carbonyl (C=O) groups is 3. The quantitative estimate of drug-likeness (QED) is 0.740. The summed E-state index contributed by atoms with van der Waals surface area (Å²) in [6.45, 7) is 0.369. The summed E-state index contributed by atoms with van der Waals surface area (Å²) in [6.07, 6.45) is 0.224. The minimum absolute atomic E-state index is 0.0485. The van der Waals surface area contributed by atoms with E-state index in [2.05, 4.69) is 5.32 Å². The molecule has 0 spiro atoms. The van der Waals surface area contributed by atoms with Crippen molar-refractivity contribution in [3.05, 3.63) is 59.2 Å². The number of benzene rings is 2. The molecule has 2 aromatic rings. The lowest BCUT2D eigenvalue weighted by molar-refractivity contribution is -0.129. The summed E-state index contributed by atoms with van der Waals surface area (Å²) >= 11 is 0. The van der Waals surface area contributed by atoms with E-state index in [9.17, 15) is 14.4 Å². The van der Waals surface area contributed by atoms with Gasteiger partial charge in [-0.15, -0.1) is 0 Å². The van der Waals surface area contributed by atoms with Crippen LogP contribution in [-0.4, -0.2) is 43.4 Å². The third-order valence-corrected chi connectivity index (χ3v) is 4.64. The maximum Gasteiger partial charge on any atom is 0.260 e. The molecule has 7 heteroatoms. The van der Waals surface area contributed by atoms with Crippen LogP contribution >= 0.6 is 0 Å². The van der Waals surface area contributed by atoms with Crippen LogP contribution in [0.15, 0.2) is 42.5 Å². The predicted molar refractivity (Wildman–Crippen MR) is 102 cm³/mol. The molecular formula is C21H22N2O5. The SMILES string of the molecule is COc1ccc(CNC(=O)CCN2C(=O)Cc3ccccc3C2=O)cc1OC. The Morgan fingerprint density at radius 3 is 2.57 bits per heavy atom. The fourth-order valence-electron chi connectivity index (χ4n) is 3.12. The Balaban J connectivity index is 1.55. The van der Waals surface area contributed by atoms with Gasteiger partial charge in [-0.2, -0.15) is 0 Å². The molecule has 2 aromatic carbocycles. The van der Waals surface area contributed by atoms with Crippen molar-refractivity contribution in [2.75, 3.05) is 20.8 Å². The second kappa shape index (κ2) is 8.56. The van der Waals surface area contributed by atoms with Gasteiger partial charge in [-0.3, -0.25) is 19.3 Å². The summed E-state index contributed by atoms with van der Waals surface area (Å²) in [5, 5.41) is 2.79. The van der Waals surface area contributed by atoms with Crippen molar-refractivity contribution < 1.29 is 23.9 Å². The summed E-state index contributed by atoms with van der Waals surface area (Å²) in [5.74, 6) is 0.322. The number of nitrogens with one attached hydrogen (secondary N) is 1. The smallest absolute Gasteiger partial charge is 0.260 e. The molecule has 0 bridgehead atoms. The Hall–Kier alpha value is -3.35. The molecule has 0 saturated heterocycles. The van der Waals surface area contributed by atoms with Crippen molar-refractivity contribution in [2.45, 2.75) is 19.4 Å². The number of methoxy groups -OCH3 is 2. The largest absolute Gasteiger partial charge is 0.493 e. The Morgan fingerprint density at radius 2 is 1.82 bits per heavy atom. The average Bonchev–Trinajstić information content (AvgIpc) is 2.71. The Kier molecular flexibility index (Phi) is 5.93. The van der Waals surface area contributed by atoms with Gasteiger partial charge in [0.05, 0.1) is 20.6 Å². The molecule has 28 heavy (non-hydrogen) atoms. The van der Waals surface area contributed by atoms with Crippen molar-refractivity contribution in [1.82, 2.24) is 10.2 Å². The van der Waals surface area contributed by atoms with E-state index in [4.69, 9.17) is 9.47 Å². The Bertz CT molecular complexity index is 909. The lowest BCUT2D eigenvalue weighted by Crippen LogP contribution is -2.44. The number of rotatable bonds is 7. The summed E-state index contributed by atoms with van der Waals surface area (Å²) in [6, 6.07) is 12.4. The molecule has 1 N–H and O–H groups in total. The zero-order valence-corrected chi connectivity index (χ0v) is 15.9. The first-order valence-corrected chi connectivity index (χ1v) is 8.93. The van der Waals surface area contributed by atoms with E-state index in [1.165, 1.54) is 0 Å². The van der Waals surface area contributed by atoms with Crippen LogP contribution in [0.5, 0.6) is 11.5 Å². The zero-order chi connectivity index (χ0) is 20.1. The predicted octanol–water partition coefficient (Wildman–Crippen LogP) is 1.94. The molecule has 0 unspecified atom stereocenters. The lowest BCUT2D eigenvalue weighted by Gasteiger charge is -2.26. The van der Waals surface area contributed by atoms with Crippen molar-refractivity contribution in [2.24, 2.45) is 0 Å². The highest BCUT2D eigenvalue weighted by Gasteiger charge is 2.30. The van der Waals surface area contributed by atoms with Gasteiger partial charge >= 0.3 is 0 Å². The van der Waals surface area contributed by atoms with Gasteiger partial charge in [-0.25, -0.2) is 0 Å². The lowest BCUT2D eigenvalue weighted by atomic mass is 9.98. The number of amides is 3. The summed E-state index contributed by atoms with van der Waals surface area (Å²) in [5.41, 5.74) is 2.10. The second-order valence-corrected chi connectivity index (χ2v) is 6.40. The molecule has 146 valence electrons. The van der Waals surface area contributed by atoms with Crippen LogP contribution in [0.25, 0.3) is 0 Å². The van der Waals surface area contributed by atoms with Crippen molar-refractivity contribution in [3.63, 3.8) is 0 Å². The maximum atomic E-state index is 12.5. The third-order valence-electron chi connectivity index (χ3n) is 4.64. The van der Waals surface area contributed by atoms with Crippen LogP contribution in [0.2, 0.25) is 0 Å². The highest BCUT2D eigenvalue weighted by Crippen LogP contribution is 2.27. The molecule has 7 nitrogen and oxygen atoms in total. The van der Waals surface area contributed by atoms with Crippen LogP contribution in [0.1, 0.15) is 27.9 Å². The van der Waals surface area contributed by atoms with Crippen LogP contribution in [0, 0.1) is 0 Å². The number of carbonyl (C=O) groups excluding carboxylic acids is 3. The van der Waals surface area contributed by atoms with Crippen LogP contribution < -0.4 is 14.8 Å². The van der Waals surface area contributed by atoms with E-state index in [-0.39, 0.29) is 37.1 Å². The molecule has 1 heterocycles. The second-order valence-electron chi connectivity index (χ2n) is 6.40. The summed E-state index contributed by atoms with van der Waals surface area (Å²) in [7, 11) is 3.10. The number of ether oxygens (including phenoxy) is 2.